The number of hydrogen-bond donors (Lipinski definition) is 0. The Kier molecular flexibility index (Phi) is 7.04. The number of carbonyl (C=O) groups excluding carboxylic acids is 3. The first-order valence-electron chi connectivity index (χ1n) is 8.87. The zero-order chi connectivity index (χ0) is 20.9. The van der Waals surface area contributed by atoms with Gasteiger partial charge in [0.15, 0.2) is 0 Å². The normalized spacial score (nSPS) is 19.8. The van der Waals surface area contributed by atoms with Crippen LogP contribution in [0.1, 0.15) is 43.4 Å². The number of rotatable bonds is 5. The molecule has 0 N–H and O–H groups in total. The molecule has 1 aromatic carbocycles. The van der Waals surface area contributed by atoms with Gasteiger partial charge in [-0.2, -0.15) is 13.2 Å². The minimum Gasteiger partial charge on any atom is -0.466 e. The van der Waals surface area contributed by atoms with Gasteiger partial charge in [0.1, 0.15) is 12.2 Å². The van der Waals surface area contributed by atoms with Crippen LogP contribution >= 0.6 is 0 Å². The molecule has 0 aromatic heterocycles. The topological polar surface area (TPSA) is 72.9 Å². The number of carbonyl (C=O) groups is 3. The number of nitrogens with zero attached hydrogens (tertiary/aromatic N) is 1. The fourth-order valence-corrected chi connectivity index (χ4v) is 3.33. The van der Waals surface area contributed by atoms with Crippen LogP contribution in [0.2, 0.25) is 0 Å². The molecule has 0 radical (unpaired) electrons. The third-order valence-electron chi connectivity index (χ3n) is 4.69. The fourth-order valence-electron chi connectivity index (χ4n) is 3.33. The molecule has 0 bridgehead atoms. The van der Waals surface area contributed by atoms with E-state index in [1.54, 1.807) is 6.92 Å². The van der Waals surface area contributed by atoms with E-state index in [1.807, 2.05) is 0 Å². The second-order valence-electron chi connectivity index (χ2n) is 6.47. The van der Waals surface area contributed by atoms with Gasteiger partial charge in [-0.15, -0.1) is 0 Å². The van der Waals surface area contributed by atoms with Crippen LogP contribution < -0.4 is 0 Å². The molecule has 154 valence electrons. The Balaban J connectivity index is 2.27. The van der Waals surface area contributed by atoms with Gasteiger partial charge < -0.3 is 14.4 Å². The number of ketones is 1. The van der Waals surface area contributed by atoms with Gasteiger partial charge in [0.25, 0.3) is 0 Å². The maximum Gasteiger partial charge on any atom is 0.416 e. The Morgan fingerprint density at radius 2 is 1.96 bits per heavy atom. The van der Waals surface area contributed by atoms with Crippen LogP contribution in [0.5, 0.6) is 0 Å². The van der Waals surface area contributed by atoms with Crippen LogP contribution in [0.15, 0.2) is 24.3 Å². The number of ether oxygens (including phenoxy) is 2. The van der Waals surface area contributed by atoms with Crippen molar-refractivity contribution in [1.82, 2.24) is 4.90 Å². The lowest BCUT2D eigenvalue weighted by Crippen LogP contribution is -2.43. The van der Waals surface area contributed by atoms with Crippen LogP contribution in [0.3, 0.4) is 0 Å². The van der Waals surface area contributed by atoms with E-state index in [2.05, 4.69) is 0 Å². The lowest BCUT2D eigenvalue weighted by atomic mass is 9.83. The third kappa shape index (κ3) is 5.24. The maximum absolute atomic E-state index is 13.1. The van der Waals surface area contributed by atoms with E-state index in [-0.39, 0.29) is 30.9 Å². The molecule has 1 aliphatic heterocycles. The molecule has 1 heterocycles. The SMILES string of the molecule is CCOC(=O)CC(=O)[C@H]1CCN(C(=O)OC)[C@H](c2cccc(C(F)(F)F)c2)C1. The van der Waals surface area contributed by atoms with E-state index in [4.69, 9.17) is 9.47 Å². The van der Waals surface area contributed by atoms with Gasteiger partial charge in [-0.1, -0.05) is 12.1 Å². The Bertz CT molecular complexity index is 735. The quantitative estimate of drug-likeness (QED) is 0.555. The van der Waals surface area contributed by atoms with Gasteiger partial charge in [0.05, 0.1) is 25.3 Å². The van der Waals surface area contributed by atoms with Crippen molar-refractivity contribution in [3.63, 3.8) is 0 Å². The smallest absolute Gasteiger partial charge is 0.416 e. The van der Waals surface area contributed by atoms with E-state index in [0.717, 1.165) is 12.1 Å². The Hall–Kier alpha value is -2.58. The van der Waals surface area contributed by atoms with Gasteiger partial charge >= 0.3 is 18.2 Å². The summed E-state index contributed by atoms with van der Waals surface area (Å²) in [7, 11) is 1.18. The molecule has 9 heteroatoms. The molecule has 2 rings (SSSR count). The summed E-state index contributed by atoms with van der Waals surface area (Å²) in [4.78, 5) is 37.4. The number of piperidine rings is 1. The van der Waals surface area contributed by atoms with Crippen LogP contribution in [-0.2, 0) is 25.2 Å². The fraction of sp³-hybridized carbons (Fsp3) is 0.526. The van der Waals surface area contributed by atoms with Gasteiger partial charge in [0, 0.05) is 12.5 Å². The van der Waals surface area contributed by atoms with E-state index in [9.17, 15) is 27.6 Å². The molecule has 1 aliphatic rings. The number of amides is 1. The van der Waals surface area contributed by atoms with Crippen molar-refractivity contribution in [3.05, 3.63) is 35.4 Å². The highest BCUT2D eigenvalue weighted by Gasteiger charge is 2.38. The number of benzene rings is 1. The maximum atomic E-state index is 13.1. The van der Waals surface area contributed by atoms with Crippen molar-refractivity contribution >= 4 is 17.8 Å². The van der Waals surface area contributed by atoms with Crippen LogP contribution in [0.25, 0.3) is 0 Å². The molecule has 2 atom stereocenters. The molecule has 0 spiro atoms. The Labute approximate surface area is 160 Å². The first-order valence-corrected chi connectivity index (χ1v) is 8.87. The summed E-state index contributed by atoms with van der Waals surface area (Å²) in [5.41, 5.74) is -0.580. The first-order chi connectivity index (χ1) is 13.2. The Morgan fingerprint density at radius 3 is 2.57 bits per heavy atom. The number of alkyl halides is 3. The summed E-state index contributed by atoms with van der Waals surface area (Å²) in [5, 5.41) is 0. The predicted octanol–water partition coefficient (Wildman–Crippen LogP) is 3.75. The van der Waals surface area contributed by atoms with Gasteiger partial charge in [-0.05, 0) is 37.5 Å². The Morgan fingerprint density at radius 1 is 1.25 bits per heavy atom. The summed E-state index contributed by atoms with van der Waals surface area (Å²) in [6.45, 7) is 1.91. The zero-order valence-electron chi connectivity index (χ0n) is 15.6. The van der Waals surface area contributed by atoms with E-state index in [0.29, 0.717) is 6.42 Å². The summed E-state index contributed by atoms with van der Waals surface area (Å²) in [5.74, 6) is -1.55. The standard InChI is InChI=1S/C19H22F3NO5/c1-3-28-17(25)11-16(24)13-7-8-23(18(26)27-2)15(10-13)12-5-4-6-14(9-12)19(20,21)22/h4-6,9,13,15H,3,7-8,10-11H2,1-2H3/t13-,15-/m0/s1. The molecule has 6 nitrogen and oxygen atoms in total. The molecular formula is C19H22F3NO5. The first kappa shape index (κ1) is 21.7. The lowest BCUT2D eigenvalue weighted by molar-refractivity contribution is -0.147. The summed E-state index contributed by atoms with van der Waals surface area (Å²) in [6, 6.07) is 3.89. The van der Waals surface area contributed by atoms with Crippen molar-refractivity contribution in [3.8, 4) is 0 Å². The van der Waals surface area contributed by atoms with Crippen molar-refractivity contribution in [1.29, 1.82) is 0 Å². The second kappa shape index (κ2) is 9.07. The van der Waals surface area contributed by atoms with Crippen LogP contribution in [0.4, 0.5) is 18.0 Å². The number of esters is 1. The van der Waals surface area contributed by atoms with Crippen LogP contribution in [-0.4, -0.2) is 43.0 Å². The van der Waals surface area contributed by atoms with Crippen LogP contribution in [0, 0.1) is 5.92 Å². The monoisotopic (exact) mass is 401 g/mol. The second-order valence-corrected chi connectivity index (χ2v) is 6.47. The molecule has 1 fully saturated rings. The molecule has 1 amide bonds. The van der Waals surface area contributed by atoms with Crippen molar-refractivity contribution in [2.45, 2.75) is 38.4 Å². The zero-order valence-corrected chi connectivity index (χ0v) is 15.6. The average molecular weight is 401 g/mol. The minimum atomic E-state index is -4.53. The highest BCUT2D eigenvalue weighted by Crippen LogP contribution is 2.38. The number of likely N-dealkylation sites (tertiary alicyclic amines) is 1. The minimum absolute atomic E-state index is 0.106. The lowest BCUT2D eigenvalue weighted by Gasteiger charge is -2.38. The summed E-state index contributed by atoms with van der Waals surface area (Å²) >= 11 is 0. The highest BCUT2D eigenvalue weighted by molar-refractivity contribution is 5.97. The molecule has 28 heavy (non-hydrogen) atoms. The summed E-state index contributed by atoms with van der Waals surface area (Å²) < 4.78 is 48.7. The molecule has 1 aromatic rings. The summed E-state index contributed by atoms with van der Waals surface area (Å²) in [6.07, 6.45) is -5.21. The molecular weight excluding hydrogens is 379 g/mol. The van der Waals surface area contributed by atoms with Crippen molar-refractivity contribution in [2.75, 3.05) is 20.3 Å². The van der Waals surface area contributed by atoms with E-state index < -0.39 is 42.2 Å². The van der Waals surface area contributed by atoms with Crippen molar-refractivity contribution in [2.24, 2.45) is 5.92 Å². The van der Waals surface area contributed by atoms with Gasteiger partial charge in [0.2, 0.25) is 0 Å². The van der Waals surface area contributed by atoms with Crippen molar-refractivity contribution < 1.29 is 37.0 Å². The highest BCUT2D eigenvalue weighted by atomic mass is 19.4. The number of halogens is 3. The number of hydrogen-bond acceptors (Lipinski definition) is 5. The predicted molar refractivity (Wildman–Crippen MR) is 92.3 cm³/mol. The van der Waals surface area contributed by atoms with E-state index in [1.165, 1.54) is 24.1 Å². The number of methoxy groups -OCH3 is 1. The molecule has 0 unspecified atom stereocenters. The molecule has 1 saturated heterocycles. The average Bonchev–Trinajstić information content (AvgIpc) is 2.66. The van der Waals surface area contributed by atoms with Gasteiger partial charge in [-0.3, -0.25) is 9.59 Å². The molecule has 0 aliphatic carbocycles. The largest absolute Gasteiger partial charge is 0.466 e. The van der Waals surface area contributed by atoms with E-state index >= 15 is 0 Å². The number of Topliss-reactive ketones (excluding diaryl/α,β-unsaturated/α-hetero) is 1. The van der Waals surface area contributed by atoms with Gasteiger partial charge in [-0.25, -0.2) is 4.79 Å². The third-order valence-corrected chi connectivity index (χ3v) is 4.69. The molecule has 0 saturated carbocycles.